The van der Waals surface area contributed by atoms with Crippen LogP contribution in [-0.4, -0.2) is 59.3 Å². The lowest BCUT2D eigenvalue weighted by Gasteiger charge is -2.37. The number of nitrogens with one attached hydrogen (secondary N) is 1. The lowest BCUT2D eigenvalue weighted by molar-refractivity contribution is 0.111. The van der Waals surface area contributed by atoms with E-state index in [1.165, 1.54) is 21.8 Å². The summed E-state index contributed by atoms with van der Waals surface area (Å²) in [6.45, 7) is 12.5. The second-order valence-electron chi connectivity index (χ2n) is 8.03. The van der Waals surface area contributed by atoms with Crippen molar-refractivity contribution in [2.45, 2.75) is 33.4 Å². The van der Waals surface area contributed by atoms with Crippen LogP contribution in [0.3, 0.4) is 0 Å². The van der Waals surface area contributed by atoms with E-state index in [-0.39, 0.29) is 0 Å². The lowest BCUT2D eigenvalue weighted by Crippen LogP contribution is -2.47. The van der Waals surface area contributed by atoms with Crippen molar-refractivity contribution in [3.63, 3.8) is 0 Å². The first-order valence-corrected chi connectivity index (χ1v) is 11.2. The van der Waals surface area contributed by atoms with Gasteiger partial charge in [0.2, 0.25) is 0 Å². The molecule has 0 bridgehead atoms. The van der Waals surface area contributed by atoms with Gasteiger partial charge in [0, 0.05) is 61.6 Å². The smallest absolute Gasteiger partial charge is 0.180 e. The number of piperazine rings is 1. The number of aryl methyl sites for hydroxylation is 2. The molecule has 3 aromatic heterocycles. The van der Waals surface area contributed by atoms with E-state index >= 15 is 0 Å². The molecule has 1 N–H and O–H groups in total. The summed E-state index contributed by atoms with van der Waals surface area (Å²) in [7, 11) is 2.21. The molecule has 1 fully saturated rings. The maximum atomic E-state index is 5.27. The first-order chi connectivity index (χ1) is 14.0. The average Bonchev–Trinajstić information content (AvgIpc) is 3.42. The van der Waals surface area contributed by atoms with E-state index in [4.69, 9.17) is 4.52 Å². The molecule has 0 saturated carbocycles. The van der Waals surface area contributed by atoms with Crippen molar-refractivity contribution in [2.24, 2.45) is 0 Å². The molecular weight excluding hydrogens is 382 g/mol. The van der Waals surface area contributed by atoms with Crippen LogP contribution in [-0.2, 0) is 6.54 Å². The van der Waals surface area contributed by atoms with Crippen LogP contribution in [0, 0.1) is 20.8 Å². The SMILES string of the molecule is Cc1cc(-n2c(C)cc(CNC[C@H](c3cccs3)N3CCN(C)CC3)c2C)no1. The van der Waals surface area contributed by atoms with E-state index in [2.05, 4.69) is 69.3 Å². The van der Waals surface area contributed by atoms with Crippen LogP contribution in [0.5, 0.6) is 0 Å². The third kappa shape index (κ3) is 4.48. The fraction of sp³-hybridized carbons (Fsp3) is 0.500. The van der Waals surface area contributed by atoms with Crippen molar-refractivity contribution in [2.75, 3.05) is 39.8 Å². The average molecular weight is 414 g/mol. The first kappa shape index (κ1) is 20.3. The Hall–Kier alpha value is -1.93. The fourth-order valence-electron chi connectivity index (χ4n) is 4.19. The Balaban J connectivity index is 1.44. The van der Waals surface area contributed by atoms with E-state index in [1.807, 2.05) is 24.3 Å². The molecular formula is C22H31N5OS. The van der Waals surface area contributed by atoms with Gasteiger partial charge in [0.05, 0.1) is 6.04 Å². The molecule has 7 heteroatoms. The van der Waals surface area contributed by atoms with Gasteiger partial charge >= 0.3 is 0 Å². The Morgan fingerprint density at radius 2 is 1.97 bits per heavy atom. The fourth-order valence-corrected chi connectivity index (χ4v) is 5.05. The van der Waals surface area contributed by atoms with Crippen molar-refractivity contribution in [1.29, 1.82) is 0 Å². The molecule has 1 aliphatic heterocycles. The summed E-state index contributed by atoms with van der Waals surface area (Å²) in [5, 5.41) is 10.1. The predicted octanol–water partition coefficient (Wildman–Crippen LogP) is 3.53. The molecule has 0 amide bonds. The van der Waals surface area contributed by atoms with Gasteiger partial charge in [-0.3, -0.25) is 4.90 Å². The predicted molar refractivity (Wildman–Crippen MR) is 118 cm³/mol. The molecule has 0 aromatic carbocycles. The molecule has 29 heavy (non-hydrogen) atoms. The minimum absolute atomic E-state index is 0.436. The zero-order valence-electron chi connectivity index (χ0n) is 17.8. The maximum absolute atomic E-state index is 5.27. The zero-order valence-corrected chi connectivity index (χ0v) is 18.6. The van der Waals surface area contributed by atoms with Crippen LogP contribution in [0.2, 0.25) is 0 Å². The van der Waals surface area contributed by atoms with Gasteiger partial charge in [0.15, 0.2) is 5.82 Å². The Morgan fingerprint density at radius 1 is 1.17 bits per heavy atom. The van der Waals surface area contributed by atoms with E-state index in [0.717, 1.165) is 50.8 Å². The minimum atomic E-state index is 0.436. The van der Waals surface area contributed by atoms with Crippen molar-refractivity contribution >= 4 is 11.3 Å². The standard InChI is InChI=1S/C22H31N5OS/c1-16-12-19(18(3)27(16)22-13-17(2)28-24-22)14-23-15-20(21-6-5-11-29-21)26-9-7-25(4)8-10-26/h5-6,11-13,20,23H,7-10,14-15H2,1-4H3/t20-/m1/s1. The highest BCUT2D eigenvalue weighted by molar-refractivity contribution is 7.10. The van der Waals surface area contributed by atoms with E-state index in [1.54, 1.807) is 0 Å². The number of aromatic nitrogens is 2. The van der Waals surface area contributed by atoms with Crippen molar-refractivity contribution < 1.29 is 4.52 Å². The molecule has 0 aliphatic carbocycles. The highest BCUT2D eigenvalue weighted by Crippen LogP contribution is 2.26. The number of hydrogen-bond acceptors (Lipinski definition) is 6. The quantitative estimate of drug-likeness (QED) is 0.642. The van der Waals surface area contributed by atoms with Crippen LogP contribution in [0.1, 0.15) is 33.6 Å². The number of hydrogen-bond donors (Lipinski definition) is 1. The molecule has 0 unspecified atom stereocenters. The molecule has 4 heterocycles. The van der Waals surface area contributed by atoms with Crippen LogP contribution in [0.25, 0.3) is 5.82 Å². The number of nitrogens with zero attached hydrogens (tertiary/aromatic N) is 4. The van der Waals surface area contributed by atoms with Gasteiger partial charge < -0.3 is 19.3 Å². The van der Waals surface area contributed by atoms with E-state index < -0.39 is 0 Å². The monoisotopic (exact) mass is 413 g/mol. The summed E-state index contributed by atoms with van der Waals surface area (Å²) >= 11 is 1.86. The summed E-state index contributed by atoms with van der Waals surface area (Å²) in [6.07, 6.45) is 0. The molecule has 1 atom stereocenters. The zero-order chi connectivity index (χ0) is 20.4. The van der Waals surface area contributed by atoms with Gasteiger partial charge in [-0.2, -0.15) is 0 Å². The molecule has 0 radical (unpaired) electrons. The molecule has 1 aliphatic rings. The van der Waals surface area contributed by atoms with Crippen LogP contribution in [0.4, 0.5) is 0 Å². The van der Waals surface area contributed by atoms with Crippen molar-refractivity contribution in [3.8, 4) is 5.82 Å². The van der Waals surface area contributed by atoms with Gasteiger partial charge in [-0.1, -0.05) is 11.2 Å². The summed E-state index contributed by atoms with van der Waals surface area (Å²) < 4.78 is 7.44. The number of thiophene rings is 1. The highest BCUT2D eigenvalue weighted by atomic mass is 32.1. The van der Waals surface area contributed by atoms with Crippen LogP contribution in [0.15, 0.2) is 34.2 Å². The molecule has 0 spiro atoms. The Bertz CT molecular complexity index is 921. The molecule has 6 nitrogen and oxygen atoms in total. The second kappa shape index (κ2) is 8.83. The first-order valence-electron chi connectivity index (χ1n) is 10.3. The molecule has 156 valence electrons. The van der Waals surface area contributed by atoms with Gasteiger partial charge in [-0.05, 0) is 50.9 Å². The minimum Gasteiger partial charge on any atom is -0.360 e. The van der Waals surface area contributed by atoms with Gasteiger partial charge in [-0.15, -0.1) is 11.3 Å². The van der Waals surface area contributed by atoms with Gasteiger partial charge in [0.1, 0.15) is 5.76 Å². The van der Waals surface area contributed by atoms with E-state index in [0.29, 0.717) is 6.04 Å². The summed E-state index contributed by atoms with van der Waals surface area (Å²) in [5.41, 5.74) is 3.71. The normalized spacial score (nSPS) is 17.1. The summed E-state index contributed by atoms with van der Waals surface area (Å²) in [4.78, 5) is 6.49. The molecule has 1 saturated heterocycles. The molecule has 3 aromatic rings. The number of likely N-dealkylation sites (N-methyl/N-ethyl adjacent to an activating group) is 1. The maximum Gasteiger partial charge on any atom is 0.180 e. The number of rotatable bonds is 7. The largest absolute Gasteiger partial charge is 0.360 e. The van der Waals surface area contributed by atoms with Crippen molar-refractivity contribution in [1.82, 2.24) is 24.8 Å². The van der Waals surface area contributed by atoms with E-state index in [9.17, 15) is 0 Å². The van der Waals surface area contributed by atoms with Gasteiger partial charge in [0.25, 0.3) is 0 Å². The third-order valence-corrected chi connectivity index (χ3v) is 6.86. The van der Waals surface area contributed by atoms with Crippen LogP contribution < -0.4 is 5.32 Å². The van der Waals surface area contributed by atoms with Crippen LogP contribution >= 0.6 is 11.3 Å². The summed E-state index contributed by atoms with van der Waals surface area (Å²) in [6, 6.07) is 9.11. The topological polar surface area (TPSA) is 49.5 Å². The van der Waals surface area contributed by atoms with Gasteiger partial charge in [-0.25, -0.2) is 0 Å². The third-order valence-electron chi connectivity index (χ3n) is 5.88. The Labute approximate surface area is 177 Å². The Kier molecular flexibility index (Phi) is 6.20. The summed E-state index contributed by atoms with van der Waals surface area (Å²) in [5.74, 6) is 1.69. The second-order valence-corrected chi connectivity index (χ2v) is 9.01. The highest BCUT2D eigenvalue weighted by Gasteiger charge is 2.24. The Morgan fingerprint density at radius 3 is 2.62 bits per heavy atom. The van der Waals surface area contributed by atoms with Crippen molar-refractivity contribution in [3.05, 3.63) is 57.2 Å². The lowest BCUT2D eigenvalue weighted by atomic mass is 10.1. The molecule has 4 rings (SSSR count).